The molecule has 0 radical (unpaired) electrons. The molecule has 1 nitrogen and oxygen atoms in total. The van der Waals surface area contributed by atoms with Gasteiger partial charge in [0, 0.05) is 6.42 Å². The summed E-state index contributed by atoms with van der Waals surface area (Å²) in [4.78, 5) is 11.7. The van der Waals surface area contributed by atoms with E-state index in [0.717, 1.165) is 19.3 Å². The fraction of sp³-hybridized carbons (Fsp3) is 0.917. The summed E-state index contributed by atoms with van der Waals surface area (Å²) in [7, 11) is 0. The fourth-order valence-electron chi connectivity index (χ4n) is 1.90. The molecular weight excluding hydrogens is 192 g/mol. The predicted octanol–water partition coefficient (Wildman–Crippen LogP) is 3.81. The van der Waals surface area contributed by atoms with Crippen LogP contribution in [-0.4, -0.2) is 16.8 Å². The maximum absolute atomic E-state index is 11.7. The van der Waals surface area contributed by atoms with Gasteiger partial charge in [-0.3, -0.25) is 4.79 Å². The summed E-state index contributed by atoms with van der Waals surface area (Å²) in [6.07, 6.45) is 9.50. The smallest absolute Gasteiger partial charge is 0.145 e. The highest BCUT2D eigenvalue weighted by molar-refractivity contribution is 8.00. The first-order valence-corrected chi connectivity index (χ1v) is 7.03. The number of hydrogen-bond acceptors (Lipinski definition) is 2. The van der Waals surface area contributed by atoms with Crippen LogP contribution in [0, 0.1) is 0 Å². The van der Waals surface area contributed by atoms with Crippen LogP contribution in [0.3, 0.4) is 0 Å². The van der Waals surface area contributed by atoms with E-state index in [1.165, 1.54) is 37.9 Å². The fourth-order valence-corrected chi connectivity index (χ4v) is 3.15. The second-order valence-corrected chi connectivity index (χ2v) is 5.44. The lowest BCUT2D eigenvalue weighted by Gasteiger charge is -2.06. The van der Waals surface area contributed by atoms with E-state index >= 15 is 0 Å². The summed E-state index contributed by atoms with van der Waals surface area (Å²) in [5.74, 6) is 1.72. The van der Waals surface area contributed by atoms with E-state index in [1.54, 1.807) is 0 Å². The first-order chi connectivity index (χ1) is 6.84. The molecular formula is C12H22OS. The Morgan fingerprint density at radius 2 is 2.07 bits per heavy atom. The Balaban J connectivity index is 1.97. The molecule has 1 unspecified atom stereocenters. The summed E-state index contributed by atoms with van der Waals surface area (Å²) in [5, 5.41) is 0.362. The molecule has 1 fully saturated rings. The first-order valence-electron chi connectivity index (χ1n) is 5.99. The van der Waals surface area contributed by atoms with Crippen molar-refractivity contribution in [1.82, 2.24) is 0 Å². The van der Waals surface area contributed by atoms with Crippen molar-refractivity contribution in [3.05, 3.63) is 0 Å². The SMILES string of the molecule is CCCCCCCC(=O)C1CCCS1. The van der Waals surface area contributed by atoms with Crippen molar-refractivity contribution in [3.63, 3.8) is 0 Å². The average Bonchev–Trinajstić information content (AvgIpc) is 2.70. The largest absolute Gasteiger partial charge is 0.298 e. The normalized spacial score (nSPS) is 21.4. The third-order valence-electron chi connectivity index (χ3n) is 2.82. The van der Waals surface area contributed by atoms with Crippen molar-refractivity contribution in [3.8, 4) is 0 Å². The van der Waals surface area contributed by atoms with Crippen LogP contribution in [0.4, 0.5) is 0 Å². The van der Waals surface area contributed by atoms with Crippen molar-refractivity contribution >= 4 is 17.5 Å². The van der Waals surface area contributed by atoms with Crippen molar-refractivity contribution in [2.45, 2.75) is 63.5 Å². The molecule has 0 saturated carbocycles. The highest BCUT2D eigenvalue weighted by atomic mass is 32.2. The predicted molar refractivity (Wildman–Crippen MR) is 63.9 cm³/mol. The maximum atomic E-state index is 11.7. The summed E-state index contributed by atoms with van der Waals surface area (Å²) in [6, 6.07) is 0. The Kier molecular flexibility index (Phi) is 6.33. The first kappa shape index (κ1) is 12.1. The molecule has 1 aliphatic heterocycles. The second kappa shape index (κ2) is 7.33. The van der Waals surface area contributed by atoms with Gasteiger partial charge in [0.05, 0.1) is 5.25 Å². The van der Waals surface area contributed by atoms with Crippen molar-refractivity contribution in [2.24, 2.45) is 0 Å². The molecule has 0 amide bonds. The molecule has 14 heavy (non-hydrogen) atoms. The number of carbonyl (C=O) groups is 1. The molecule has 1 rings (SSSR count). The lowest BCUT2D eigenvalue weighted by molar-refractivity contribution is -0.118. The minimum Gasteiger partial charge on any atom is -0.298 e. The Labute approximate surface area is 92.0 Å². The quantitative estimate of drug-likeness (QED) is 0.599. The molecule has 0 N–H and O–H groups in total. The van der Waals surface area contributed by atoms with Crippen molar-refractivity contribution in [1.29, 1.82) is 0 Å². The van der Waals surface area contributed by atoms with E-state index in [2.05, 4.69) is 6.92 Å². The van der Waals surface area contributed by atoms with Crippen LogP contribution in [-0.2, 0) is 4.79 Å². The van der Waals surface area contributed by atoms with Gasteiger partial charge in [0.1, 0.15) is 5.78 Å². The van der Waals surface area contributed by atoms with E-state index in [1.807, 2.05) is 11.8 Å². The van der Waals surface area contributed by atoms with Gasteiger partial charge >= 0.3 is 0 Å². The highest BCUT2D eigenvalue weighted by Gasteiger charge is 2.22. The molecule has 1 aliphatic rings. The van der Waals surface area contributed by atoms with Crippen LogP contribution in [0.25, 0.3) is 0 Å². The van der Waals surface area contributed by atoms with Gasteiger partial charge in [0.15, 0.2) is 0 Å². The summed E-state index contributed by atoms with van der Waals surface area (Å²) >= 11 is 1.87. The van der Waals surface area contributed by atoms with Gasteiger partial charge in [-0.25, -0.2) is 0 Å². The number of unbranched alkanes of at least 4 members (excludes halogenated alkanes) is 4. The van der Waals surface area contributed by atoms with Crippen LogP contribution in [0.5, 0.6) is 0 Å². The van der Waals surface area contributed by atoms with Gasteiger partial charge < -0.3 is 0 Å². The van der Waals surface area contributed by atoms with Gasteiger partial charge in [-0.05, 0) is 25.0 Å². The zero-order valence-electron chi connectivity index (χ0n) is 9.26. The van der Waals surface area contributed by atoms with Gasteiger partial charge in [-0.2, -0.15) is 11.8 Å². The molecule has 0 aromatic rings. The molecule has 0 aromatic heterocycles. The van der Waals surface area contributed by atoms with E-state index < -0.39 is 0 Å². The number of ketones is 1. The zero-order valence-corrected chi connectivity index (χ0v) is 10.1. The molecule has 1 atom stereocenters. The number of rotatable bonds is 7. The van der Waals surface area contributed by atoms with Gasteiger partial charge in [0.2, 0.25) is 0 Å². The second-order valence-electron chi connectivity index (χ2n) is 4.13. The molecule has 0 spiro atoms. The van der Waals surface area contributed by atoms with Gasteiger partial charge in [-0.1, -0.05) is 32.6 Å². The van der Waals surface area contributed by atoms with Crippen LogP contribution in [0.1, 0.15) is 58.3 Å². The highest BCUT2D eigenvalue weighted by Crippen LogP contribution is 2.28. The molecule has 0 aromatic carbocycles. The average molecular weight is 214 g/mol. The summed E-state index contributed by atoms with van der Waals surface area (Å²) in [6.45, 7) is 2.22. The number of Topliss-reactive ketones (excluding diaryl/α,β-unsaturated/α-hetero) is 1. The minimum absolute atomic E-state index is 0.362. The van der Waals surface area contributed by atoms with Crippen LogP contribution < -0.4 is 0 Å². The Morgan fingerprint density at radius 1 is 1.29 bits per heavy atom. The summed E-state index contributed by atoms with van der Waals surface area (Å²) in [5.41, 5.74) is 0. The Bertz CT molecular complexity index is 162. The Hall–Kier alpha value is 0.0200. The van der Waals surface area contributed by atoms with Crippen LogP contribution in [0.15, 0.2) is 0 Å². The van der Waals surface area contributed by atoms with E-state index in [-0.39, 0.29) is 0 Å². The third-order valence-corrected chi connectivity index (χ3v) is 4.24. The Morgan fingerprint density at radius 3 is 2.71 bits per heavy atom. The maximum Gasteiger partial charge on any atom is 0.145 e. The molecule has 1 saturated heterocycles. The van der Waals surface area contributed by atoms with E-state index in [4.69, 9.17) is 0 Å². The molecule has 2 heteroatoms. The minimum atomic E-state index is 0.362. The lowest BCUT2D eigenvalue weighted by atomic mass is 10.1. The topological polar surface area (TPSA) is 17.1 Å². The monoisotopic (exact) mass is 214 g/mol. The summed E-state index contributed by atoms with van der Waals surface area (Å²) < 4.78 is 0. The third kappa shape index (κ3) is 4.50. The molecule has 0 aliphatic carbocycles. The van der Waals surface area contributed by atoms with Crippen LogP contribution >= 0.6 is 11.8 Å². The standard InChI is InChI=1S/C12H22OS/c1-2-3-4-5-6-8-11(13)12-9-7-10-14-12/h12H,2-10H2,1H3. The molecule has 0 bridgehead atoms. The van der Waals surface area contributed by atoms with Gasteiger partial charge in [0.25, 0.3) is 0 Å². The lowest BCUT2D eigenvalue weighted by Crippen LogP contribution is -2.13. The number of thioether (sulfide) groups is 1. The van der Waals surface area contributed by atoms with Gasteiger partial charge in [-0.15, -0.1) is 0 Å². The van der Waals surface area contributed by atoms with Crippen LogP contribution in [0.2, 0.25) is 0 Å². The van der Waals surface area contributed by atoms with E-state index in [0.29, 0.717) is 11.0 Å². The number of carbonyl (C=O) groups excluding carboxylic acids is 1. The van der Waals surface area contributed by atoms with Crippen molar-refractivity contribution in [2.75, 3.05) is 5.75 Å². The molecule has 82 valence electrons. The zero-order chi connectivity index (χ0) is 10.2. The molecule has 1 heterocycles. The van der Waals surface area contributed by atoms with Crippen molar-refractivity contribution < 1.29 is 4.79 Å². The number of hydrogen-bond donors (Lipinski definition) is 0. The van der Waals surface area contributed by atoms with E-state index in [9.17, 15) is 4.79 Å².